The van der Waals surface area contributed by atoms with Crippen molar-refractivity contribution in [3.05, 3.63) is 45.5 Å². The van der Waals surface area contributed by atoms with Crippen LogP contribution in [0, 0.1) is 0 Å². The highest BCUT2D eigenvalue weighted by molar-refractivity contribution is 5.96. The van der Waals surface area contributed by atoms with Crippen LogP contribution in [0.1, 0.15) is 43.1 Å². The van der Waals surface area contributed by atoms with E-state index in [1.165, 1.54) is 23.8 Å². The maximum Gasteiger partial charge on any atom is 0.336 e. The molecule has 3 heteroatoms. The SMILES string of the molecule is CCCc1cc(=O)oc2cc3oc4c(c3cc12)CCCC4. The molecule has 0 fully saturated rings. The van der Waals surface area contributed by atoms with Gasteiger partial charge in [-0.15, -0.1) is 0 Å². The Balaban J connectivity index is 2.06. The predicted molar refractivity (Wildman–Crippen MR) is 82.9 cm³/mol. The van der Waals surface area contributed by atoms with Crippen molar-refractivity contribution in [2.24, 2.45) is 0 Å². The Morgan fingerprint density at radius 1 is 1.00 bits per heavy atom. The number of hydrogen-bond acceptors (Lipinski definition) is 3. The Hall–Kier alpha value is -2.03. The maximum absolute atomic E-state index is 11.7. The van der Waals surface area contributed by atoms with Crippen LogP contribution in [-0.2, 0) is 19.3 Å². The summed E-state index contributed by atoms with van der Waals surface area (Å²) < 4.78 is 11.3. The van der Waals surface area contributed by atoms with Crippen LogP contribution in [-0.4, -0.2) is 0 Å². The molecule has 0 radical (unpaired) electrons. The third-order valence-corrected chi connectivity index (χ3v) is 4.43. The van der Waals surface area contributed by atoms with Gasteiger partial charge in [0.05, 0.1) is 0 Å². The van der Waals surface area contributed by atoms with Crippen LogP contribution in [0.3, 0.4) is 0 Å². The van der Waals surface area contributed by atoms with E-state index in [4.69, 9.17) is 8.83 Å². The fraction of sp³-hybridized carbons (Fsp3) is 0.389. The largest absolute Gasteiger partial charge is 0.461 e. The Bertz CT molecular complexity index is 883. The predicted octanol–water partition coefficient (Wildman–Crippen LogP) is 4.37. The summed E-state index contributed by atoms with van der Waals surface area (Å²) >= 11 is 0. The zero-order valence-electron chi connectivity index (χ0n) is 12.2. The molecule has 2 heterocycles. The van der Waals surface area contributed by atoms with Gasteiger partial charge in [-0.05, 0) is 37.3 Å². The molecule has 1 aromatic carbocycles. The van der Waals surface area contributed by atoms with Gasteiger partial charge in [0, 0.05) is 34.9 Å². The summed E-state index contributed by atoms with van der Waals surface area (Å²) in [4.78, 5) is 11.7. The van der Waals surface area contributed by atoms with E-state index in [1.54, 1.807) is 6.07 Å². The second-order valence-electron chi connectivity index (χ2n) is 5.90. The van der Waals surface area contributed by atoms with Gasteiger partial charge in [-0.2, -0.15) is 0 Å². The lowest BCUT2D eigenvalue weighted by molar-refractivity contribution is 0.505. The topological polar surface area (TPSA) is 43.4 Å². The minimum absolute atomic E-state index is 0.276. The number of fused-ring (bicyclic) bond motifs is 4. The minimum atomic E-state index is -0.276. The zero-order chi connectivity index (χ0) is 14.4. The smallest absolute Gasteiger partial charge is 0.336 e. The number of hydrogen-bond donors (Lipinski definition) is 0. The van der Waals surface area contributed by atoms with Gasteiger partial charge < -0.3 is 8.83 Å². The molecule has 0 amide bonds. The second-order valence-corrected chi connectivity index (χ2v) is 5.90. The van der Waals surface area contributed by atoms with E-state index in [0.717, 1.165) is 48.0 Å². The molecular weight excluding hydrogens is 264 g/mol. The molecule has 0 saturated heterocycles. The molecule has 0 N–H and O–H groups in total. The molecule has 0 unspecified atom stereocenters. The second kappa shape index (κ2) is 4.76. The molecule has 2 aromatic heterocycles. The van der Waals surface area contributed by atoms with Gasteiger partial charge >= 0.3 is 5.63 Å². The fourth-order valence-electron chi connectivity index (χ4n) is 3.46. The average Bonchev–Trinajstić information content (AvgIpc) is 2.83. The van der Waals surface area contributed by atoms with Crippen LogP contribution in [0.4, 0.5) is 0 Å². The van der Waals surface area contributed by atoms with Gasteiger partial charge in [0.2, 0.25) is 0 Å². The molecule has 0 spiro atoms. The van der Waals surface area contributed by atoms with Crippen molar-refractivity contribution in [1.82, 2.24) is 0 Å². The fourth-order valence-corrected chi connectivity index (χ4v) is 3.46. The summed E-state index contributed by atoms with van der Waals surface area (Å²) in [5.41, 5.74) is 3.65. The standard InChI is InChI=1S/C18H18O3/c1-2-5-11-8-18(19)21-16-10-17-14(9-13(11)16)12-6-3-4-7-15(12)20-17/h8-10H,2-7H2,1H3. The molecular formula is C18H18O3. The van der Waals surface area contributed by atoms with Gasteiger partial charge in [-0.25, -0.2) is 4.79 Å². The molecule has 0 aliphatic heterocycles. The highest BCUT2D eigenvalue weighted by Gasteiger charge is 2.19. The van der Waals surface area contributed by atoms with E-state index in [1.807, 2.05) is 6.07 Å². The van der Waals surface area contributed by atoms with E-state index in [2.05, 4.69) is 13.0 Å². The van der Waals surface area contributed by atoms with Crippen LogP contribution in [0.5, 0.6) is 0 Å². The van der Waals surface area contributed by atoms with Crippen LogP contribution in [0.25, 0.3) is 21.9 Å². The molecule has 1 aliphatic carbocycles. The van der Waals surface area contributed by atoms with E-state index in [9.17, 15) is 4.79 Å². The molecule has 21 heavy (non-hydrogen) atoms. The lowest BCUT2D eigenvalue weighted by Crippen LogP contribution is -2.01. The van der Waals surface area contributed by atoms with Crippen LogP contribution in [0.2, 0.25) is 0 Å². The van der Waals surface area contributed by atoms with Gasteiger partial charge in [0.1, 0.15) is 16.9 Å². The average molecular weight is 282 g/mol. The van der Waals surface area contributed by atoms with E-state index < -0.39 is 0 Å². The molecule has 0 bridgehead atoms. The van der Waals surface area contributed by atoms with Crippen LogP contribution < -0.4 is 5.63 Å². The quantitative estimate of drug-likeness (QED) is 0.655. The third-order valence-electron chi connectivity index (χ3n) is 4.43. The van der Waals surface area contributed by atoms with E-state index >= 15 is 0 Å². The Labute approximate surface area is 122 Å². The number of rotatable bonds is 2. The highest BCUT2D eigenvalue weighted by atomic mass is 16.4. The summed E-state index contributed by atoms with van der Waals surface area (Å²) in [7, 11) is 0. The zero-order valence-corrected chi connectivity index (χ0v) is 12.2. The van der Waals surface area contributed by atoms with Crippen LogP contribution in [0.15, 0.2) is 31.8 Å². The summed E-state index contributed by atoms with van der Waals surface area (Å²) in [5, 5.41) is 2.25. The van der Waals surface area contributed by atoms with Crippen molar-refractivity contribution in [1.29, 1.82) is 0 Å². The monoisotopic (exact) mass is 282 g/mol. The third kappa shape index (κ3) is 1.99. The van der Waals surface area contributed by atoms with E-state index in [0.29, 0.717) is 5.58 Å². The van der Waals surface area contributed by atoms with Crippen molar-refractivity contribution in [2.75, 3.05) is 0 Å². The number of aryl methyl sites for hydroxylation is 3. The first kappa shape index (κ1) is 12.7. The lowest BCUT2D eigenvalue weighted by Gasteiger charge is -2.09. The molecule has 3 aromatic rings. The summed E-state index contributed by atoms with van der Waals surface area (Å²) in [5.74, 6) is 1.12. The first-order chi connectivity index (χ1) is 10.3. The Morgan fingerprint density at radius 3 is 2.67 bits per heavy atom. The Morgan fingerprint density at radius 2 is 1.81 bits per heavy atom. The normalized spacial score (nSPS) is 14.7. The number of benzene rings is 1. The summed E-state index contributed by atoms with van der Waals surface area (Å²) in [6.07, 6.45) is 6.45. The van der Waals surface area contributed by atoms with Crippen LogP contribution >= 0.6 is 0 Å². The molecule has 4 rings (SSSR count). The minimum Gasteiger partial charge on any atom is -0.461 e. The van der Waals surface area contributed by atoms with Gasteiger partial charge in [0.25, 0.3) is 0 Å². The van der Waals surface area contributed by atoms with Crippen molar-refractivity contribution in [3.63, 3.8) is 0 Å². The first-order valence-corrected chi connectivity index (χ1v) is 7.77. The summed E-state index contributed by atoms with van der Waals surface area (Å²) in [6, 6.07) is 5.68. The van der Waals surface area contributed by atoms with Crippen molar-refractivity contribution >= 4 is 21.9 Å². The van der Waals surface area contributed by atoms with Crippen molar-refractivity contribution in [2.45, 2.75) is 45.4 Å². The van der Waals surface area contributed by atoms with E-state index in [-0.39, 0.29) is 5.63 Å². The molecule has 0 atom stereocenters. The van der Waals surface area contributed by atoms with Crippen molar-refractivity contribution in [3.8, 4) is 0 Å². The van der Waals surface area contributed by atoms with Gasteiger partial charge in [-0.1, -0.05) is 13.3 Å². The number of furan rings is 1. The lowest BCUT2D eigenvalue weighted by atomic mass is 9.95. The maximum atomic E-state index is 11.7. The Kier molecular flexibility index (Phi) is 2.88. The molecule has 1 aliphatic rings. The molecule has 108 valence electrons. The highest BCUT2D eigenvalue weighted by Crippen LogP contribution is 2.35. The first-order valence-electron chi connectivity index (χ1n) is 7.77. The van der Waals surface area contributed by atoms with Gasteiger partial charge in [-0.3, -0.25) is 0 Å². The van der Waals surface area contributed by atoms with Crippen molar-refractivity contribution < 1.29 is 8.83 Å². The molecule has 3 nitrogen and oxygen atoms in total. The van der Waals surface area contributed by atoms with Gasteiger partial charge in [0.15, 0.2) is 0 Å². The summed E-state index contributed by atoms with van der Waals surface area (Å²) in [6.45, 7) is 2.12. The molecule has 0 saturated carbocycles.